The number of imidazole rings is 1. The monoisotopic (exact) mass is 442 g/mol. The summed E-state index contributed by atoms with van der Waals surface area (Å²) in [5.41, 5.74) is 5.22. The summed E-state index contributed by atoms with van der Waals surface area (Å²) in [6.07, 6.45) is 5.20. The van der Waals surface area contributed by atoms with Crippen molar-refractivity contribution in [2.75, 3.05) is 5.32 Å². The maximum absolute atomic E-state index is 9.49. The molecule has 0 spiro atoms. The Hall–Kier alpha value is -3.11. The van der Waals surface area contributed by atoms with E-state index in [9.17, 15) is 5.26 Å². The lowest BCUT2D eigenvalue weighted by Crippen LogP contribution is -1.96. The third-order valence-electron chi connectivity index (χ3n) is 4.48. The van der Waals surface area contributed by atoms with Crippen molar-refractivity contribution >= 4 is 47.9 Å². The Kier molecular flexibility index (Phi) is 5.76. The van der Waals surface area contributed by atoms with Crippen molar-refractivity contribution in [1.82, 2.24) is 19.9 Å². The highest BCUT2D eigenvalue weighted by molar-refractivity contribution is 6.33. The molecule has 0 amide bonds. The Labute approximate surface area is 183 Å². The van der Waals surface area contributed by atoms with Crippen LogP contribution in [0, 0.1) is 11.3 Å². The number of H-pyrrole nitrogens is 1. The first kappa shape index (κ1) is 20.6. The molecule has 9 heteroatoms. The molecule has 3 aromatic heterocycles. The molecule has 1 aliphatic rings. The van der Waals surface area contributed by atoms with Gasteiger partial charge in [-0.1, -0.05) is 17.7 Å². The maximum Gasteiger partial charge on any atom is 0.141 e. The van der Waals surface area contributed by atoms with Gasteiger partial charge in [0.2, 0.25) is 0 Å². The van der Waals surface area contributed by atoms with E-state index in [2.05, 4.69) is 26.3 Å². The number of halogens is 3. The Bertz CT molecular complexity index is 1180. The fraction of sp³-hybridized carbons (Fsp3) is 0. The van der Waals surface area contributed by atoms with E-state index in [1.165, 1.54) is 0 Å². The first-order valence-electron chi connectivity index (χ1n) is 8.22. The largest absolute Gasteiger partial charge is 0.338 e. The van der Waals surface area contributed by atoms with Gasteiger partial charge in [-0.25, -0.2) is 9.97 Å². The number of nitrogens with zero attached hydrogens (tertiary/aromatic N) is 4. The first-order chi connectivity index (χ1) is 13.3. The molecule has 6 nitrogen and oxygen atoms in total. The lowest BCUT2D eigenvalue weighted by Gasteiger charge is -2.08. The van der Waals surface area contributed by atoms with Gasteiger partial charge in [-0.15, -0.1) is 24.8 Å². The summed E-state index contributed by atoms with van der Waals surface area (Å²) in [7, 11) is 0. The van der Waals surface area contributed by atoms with Crippen molar-refractivity contribution in [2.24, 2.45) is 0 Å². The quantitative estimate of drug-likeness (QED) is 0.350. The van der Waals surface area contributed by atoms with Crippen molar-refractivity contribution in [3.63, 3.8) is 0 Å². The van der Waals surface area contributed by atoms with Crippen molar-refractivity contribution in [3.05, 3.63) is 65.6 Å². The van der Waals surface area contributed by atoms with Gasteiger partial charge in [0.05, 0.1) is 39.8 Å². The number of hydrogen-bond donors (Lipinski definition) is 2. The third-order valence-corrected chi connectivity index (χ3v) is 4.80. The van der Waals surface area contributed by atoms with Crippen LogP contribution in [0.1, 0.15) is 5.56 Å². The van der Waals surface area contributed by atoms with Crippen LogP contribution in [0.15, 0.2) is 55.0 Å². The normalized spacial score (nSPS) is 10.6. The lowest BCUT2D eigenvalue weighted by molar-refractivity contribution is 1.26. The van der Waals surface area contributed by atoms with E-state index in [4.69, 9.17) is 16.6 Å². The van der Waals surface area contributed by atoms with Gasteiger partial charge in [-0.3, -0.25) is 4.98 Å². The van der Waals surface area contributed by atoms with Crippen LogP contribution < -0.4 is 5.32 Å². The number of hydrogen-bond acceptors (Lipinski definition) is 5. The maximum atomic E-state index is 9.49. The van der Waals surface area contributed by atoms with Crippen molar-refractivity contribution in [3.8, 4) is 40.0 Å². The summed E-state index contributed by atoms with van der Waals surface area (Å²) >= 11 is 6.39. The van der Waals surface area contributed by atoms with Crippen molar-refractivity contribution in [1.29, 1.82) is 5.26 Å². The zero-order valence-electron chi connectivity index (χ0n) is 14.7. The summed E-state index contributed by atoms with van der Waals surface area (Å²) in [6, 6.07) is 13.1. The van der Waals surface area contributed by atoms with E-state index in [1.54, 1.807) is 36.8 Å². The number of nitrogens with one attached hydrogen (secondary N) is 2. The fourth-order valence-electron chi connectivity index (χ4n) is 3.28. The molecule has 0 radical (unpaired) electrons. The molecule has 4 heterocycles. The fourth-order valence-corrected chi connectivity index (χ4v) is 3.54. The zero-order chi connectivity index (χ0) is 18.4. The van der Waals surface area contributed by atoms with Crippen LogP contribution in [0.4, 0.5) is 11.5 Å². The molecule has 29 heavy (non-hydrogen) atoms. The average Bonchev–Trinajstić information content (AvgIpc) is 3.08. The van der Waals surface area contributed by atoms with E-state index in [0.717, 1.165) is 28.2 Å². The Morgan fingerprint density at radius 2 is 1.86 bits per heavy atom. The number of aromatic nitrogens is 4. The molecule has 0 unspecified atom stereocenters. The SMILES string of the molecule is Cl.Cl.N#Cc1cccc(Cl)c1-c1nc2c([nH]1)-c1ccncc1Nc1ncccc1-2. The van der Waals surface area contributed by atoms with Crippen LogP contribution in [0.3, 0.4) is 0 Å². The molecule has 4 aromatic rings. The third kappa shape index (κ3) is 3.30. The predicted molar refractivity (Wildman–Crippen MR) is 118 cm³/mol. The second-order valence-corrected chi connectivity index (χ2v) is 6.44. The smallest absolute Gasteiger partial charge is 0.141 e. The minimum absolute atomic E-state index is 0. The molecule has 1 aromatic carbocycles. The van der Waals surface area contributed by atoms with Gasteiger partial charge in [-0.05, 0) is 30.3 Å². The van der Waals surface area contributed by atoms with Gasteiger partial charge in [0.1, 0.15) is 17.3 Å². The summed E-state index contributed by atoms with van der Waals surface area (Å²) in [4.78, 5) is 16.8. The van der Waals surface area contributed by atoms with Gasteiger partial charge in [0.25, 0.3) is 0 Å². The van der Waals surface area contributed by atoms with Gasteiger partial charge in [0, 0.05) is 23.5 Å². The van der Waals surface area contributed by atoms with Gasteiger partial charge in [-0.2, -0.15) is 5.26 Å². The molecule has 0 saturated heterocycles. The van der Waals surface area contributed by atoms with Crippen molar-refractivity contribution < 1.29 is 0 Å². The highest BCUT2D eigenvalue weighted by atomic mass is 35.5. The minimum Gasteiger partial charge on any atom is -0.338 e. The predicted octanol–water partition coefficient (Wildman–Crippen LogP) is 5.63. The van der Waals surface area contributed by atoms with E-state index >= 15 is 0 Å². The van der Waals surface area contributed by atoms with Gasteiger partial charge in [0.15, 0.2) is 0 Å². The topological polar surface area (TPSA) is 90.3 Å². The van der Waals surface area contributed by atoms with Crippen LogP contribution in [0.5, 0.6) is 0 Å². The van der Waals surface area contributed by atoms with Crippen LogP contribution in [0.2, 0.25) is 5.02 Å². The van der Waals surface area contributed by atoms with E-state index in [0.29, 0.717) is 27.8 Å². The van der Waals surface area contributed by atoms with Gasteiger partial charge < -0.3 is 10.3 Å². The number of anilines is 2. The second-order valence-electron chi connectivity index (χ2n) is 6.03. The average molecular weight is 444 g/mol. The summed E-state index contributed by atoms with van der Waals surface area (Å²) in [5, 5.41) is 13.3. The Balaban J connectivity index is 0.00000120. The van der Waals surface area contributed by atoms with Gasteiger partial charge >= 0.3 is 0 Å². The number of fused-ring (bicyclic) bond motifs is 5. The standard InChI is InChI=1S/C20H11ClN6.2ClH/c21-14-5-1-3-11(9-22)16(14)20-26-17-12-6-8-23-10-15(12)25-19-13(18(17)27-20)4-2-7-24-19;;/h1-8,10H,(H,24,25)(H,26,27);2*1H. The van der Waals surface area contributed by atoms with Crippen LogP contribution in [-0.4, -0.2) is 19.9 Å². The molecular formula is C20H13Cl3N6. The molecule has 0 bridgehead atoms. The summed E-state index contributed by atoms with van der Waals surface area (Å²) in [6.45, 7) is 0. The molecule has 144 valence electrons. The summed E-state index contributed by atoms with van der Waals surface area (Å²) in [5.74, 6) is 1.24. The van der Waals surface area contributed by atoms with E-state index < -0.39 is 0 Å². The Morgan fingerprint density at radius 3 is 2.69 bits per heavy atom. The van der Waals surface area contributed by atoms with E-state index in [-0.39, 0.29) is 24.8 Å². The van der Waals surface area contributed by atoms with Crippen molar-refractivity contribution in [2.45, 2.75) is 0 Å². The molecule has 2 N–H and O–H groups in total. The minimum atomic E-state index is 0. The lowest BCUT2D eigenvalue weighted by atomic mass is 10.1. The van der Waals surface area contributed by atoms with Crippen LogP contribution in [-0.2, 0) is 0 Å². The number of rotatable bonds is 1. The Morgan fingerprint density at radius 1 is 1.00 bits per heavy atom. The number of benzene rings is 1. The number of pyridine rings is 2. The summed E-state index contributed by atoms with van der Waals surface area (Å²) < 4.78 is 0. The highest BCUT2D eigenvalue weighted by Crippen LogP contribution is 2.43. The molecule has 0 aliphatic carbocycles. The molecule has 0 saturated carbocycles. The molecule has 0 fully saturated rings. The first-order valence-corrected chi connectivity index (χ1v) is 8.60. The van der Waals surface area contributed by atoms with Crippen LogP contribution in [0.25, 0.3) is 33.9 Å². The number of aromatic amines is 1. The second kappa shape index (κ2) is 8.10. The molecule has 1 aliphatic heterocycles. The molecular weight excluding hydrogens is 431 g/mol. The van der Waals surface area contributed by atoms with Crippen LogP contribution >= 0.6 is 36.4 Å². The zero-order valence-corrected chi connectivity index (χ0v) is 17.1. The highest BCUT2D eigenvalue weighted by Gasteiger charge is 2.25. The molecule has 0 atom stereocenters. The number of nitriles is 1. The molecule has 5 rings (SSSR count). The van der Waals surface area contributed by atoms with E-state index in [1.807, 2.05) is 18.2 Å².